The van der Waals surface area contributed by atoms with Crippen LogP contribution in [0.4, 0.5) is 0 Å². The van der Waals surface area contributed by atoms with Crippen LogP contribution in [0, 0.1) is 0 Å². The zero-order valence-electron chi connectivity index (χ0n) is 17.0. The van der Waals surface area contributed by atoms with Gasteiger partial charge in [0.2, 0.25) is 0 Å². The Bertz CT molecular complexity index is 974. The zero-order valence-corrected chi connectivity index (χ0v) is 17.0. The number of carbonyl (C=O) groups is 1. The standard InChI is InChI=1S/C25H24O5/c1-29-23-15-17(9-13-21(23)26)5-3-7-19-11-12-20(25(19)28)8-4-6-18-10-14-22(27)24(16-18)30-2/h3-10,13-16,26-27H,11-12H2,1-2H3/b5-3+,6-4+,19-7+,20-8+. The number of hydrogen-bond acceptors (Lipinski definition) is 5. The summed E-state index contributed by atoms with van der Waals surface area (Å²) in [5.74, 6) is 1.05. The molecule has 0 radical (unpaired) electrons. The van der Waals surface area contributed by atoms with Gasteiger partial charge in [0.25, 0.3) is 0 Å². The minimum atomic E-state index is 0.0517. The van der Waals surface area contributed by atoms with E-state index < -0.39 is 0 Å². The predicted octanol–water partition coefficient (Wildman–Crippen LogP) is 5.06. The number of rotatable bonds is 6. The Kier molecular flexibility index (Phi) is 6.75. The van der Waals surface area contributed by atoms with Gasteiger partial charge in [-0.15, -0.1) is 0 Å². The Labute approximate surface area is 175 Å². The summed E-state index contributed by atoms with van der Waals surface area (Å²) in [6.07, 6.45) is 12.5. The van der Waals surface area contributed by atoms with Gasteiger partial charge in [0.1, 0.15) is 0 Å². The van der Waals surface area contributed by atoms with Crippen LogP contribution in [0.5, 0.6) is 23.0 Å². The van der Waals surface area contributed by atoms with Crippen molar-refractivity contribution < 1.29 is 24.5 Å². The molecule has 5 nitrogen and oxygen atoms in total. The number of carbonyl (C=O) groups excluding carboxylic acids is 1. The SMILES string of the molecule is COc1cc(/C=C/C=C2\CC/C(=C\C=C\c3ccc(O)c(OC)c3)C2=O)ccc1O. The molecule has 154 valence electrons. The lowest BCUT2D eigenvalue weighted by Gasteiger charge is -2.03. The summed E-state index contributed by atoms with van der Waals surface area (Å²) in [7, 11) is 3.00. The van der Waals surface area contributed by atoms with Crippen molar-refractivity contribution in [2.24, 2.45) is 0 Å². The highest BCUT2D eigenvalue weighted by atomic mass is 16.5. The maximum Gasteiger partial charge on any atom is 0.185 e. The lowest BCUT2D eigenvalue weighted by molar-refractivity contribution is -0.111. The van der Waals surface area contributed by atoms with E-state index in [1.807, 2.05) is 36.5 Å². The maximum absolute atomic E-state index is 12.6. The molecular weight excluding hydrogens is 380 g/mol. The van der Waals surface area contributed by atoms with Gasteiger partial charge in [-0.1, -0.05) is 48.6 Å². The molecule has 0 aliphatic heterocycles. The van der Waals surface area contributed by atoms with Crippen molar-refractivity contribution in [2.75, 3.05) is 14.2 Å². The number of phenolic OH excluding ortho intramolecular Hbond substituents is 2. The largest absolute Gasteiger partial charge is 0.504 e. The average Bonchev–Trinajstić information content (AvgIpc) is 3.10. The summed E-state index contributed by atoms with van der Waals surface area (Å²) in [6, 6.07) is 10.2. The predicted molar refractivity (Wildman–Crippen MR) is 118 cm³/mol. The molecule has 1 fully saturated rings. The number of aromatic hydroxyl groups is 2. The molecule has 0 heterocycles. The first kappa shape index (κ1) is 21.0. The van der Waals surface area contributed by atoms with E-state index >= 15 is 0 Å². The summed E-state index contributed by atoms with van der Waals surface area (Å²) < 4.78 is 10.2. The number of Topliss-reactive ketones (excluding diaryl/α,β-unsaturated/α-hetero) is 1. The number of methoxy groups -OCH3 is 2. The molecule has 1 aliphatic carbocycles. The number of phenols is 2. The summed E-state index contributed by atoms with van der Waals surface area (Å²) in [5.41, 5.74) is 3.27. The first-order chi connectivity index (χ1) is 14.5. The van der Waals surface area contributed by atoms with Crippen molar-refractivity contribution in [2.45, 2.75) is 12.8 Å². The molecule has 0 saturated heterocycles. The van der Waals surface area contributed by atoms with Crippen LogP contribution in [0.3, 0.4) is 0 Å². The zero-order chi connectivity index (χ0) is 21.5. The third kappa shape index (κ3) is 5.00. The van der Waals surface area contributed by atoms with E-state index in [-0.39, 0.29) is 17.3 Å². The molecule has 3 rings (SSSR count). The van der Waals surface area contributed by atoms with E-state index in [0.29, 0.717) is 24.3 Å². The first-order valence-electron chi connectivity index (χ1n) is 9.55. The minimum absolute atomic E-state index is 0.0517. The Morgan fingerprint density at radius 3 is 1.60 bits per heavy atom. The van der Waals surface area contributed by atoms with Crippen molar-refractivity contribution in [3.8, 4) is 23.0 Å². The Balaban J connectivity index is 1.66. The topological polar surface area (TPSA) is 76.0 Å². The monoisotopic (exact) mass is 404 g/mol. The van der Waals surface area contributed by atoms with Crippen molar-refractivity contribution in [1.29, 1.82) is 0 Å². The molecular formula is C25H24O5. The van der Waals surface area contributed by atoms with E-state index in [9.17, 15) is 15.0 Å². The fourth-order valence-corrected chi connectivity index (χ4v) is 3.17. The van der Waals surface area contributed by atoms with E-state index in [0.717, 1.165) is 22.3 Å². The van der Waals surface area contributed by atoms with Crippen LogP contribution in [-0.4, -0.2) is 30.2 Å². The average molecular weight is 404 g/mol. The second-order valence-electron chi connectivity index (χ2n) is 6.79. The molecule has 2 aromatic carbocycles. The second-order valence-corrected chi connectivity index (χ2v) is 6.79. The van der Waals surface area contributed by atoms with Gasteiger partial charge in [0.05, 0.1) is 14.2 Å². The molecule has 0 atom stereocenters. The molecule has 5 heteroatoms. The van der Waals surface area contributed by atoms with Crippen molar-refractivity contribution >= 4 is 17.9 Å². The second kappa shape index (κ2) is 9.65. The summed E-state index contributed by atoms with van der Waals surface area (Å²) in [6.45, 7) is 0. The lowest BCUT2D eigenvalue weighted by atomic mass is 10.1. The third-order valence-electron chi connectivity index (χ3n) is 4.83. The lowest BCUT2D eigenvalue weighted by Crippen LogP contribution is -1.94. The van der Waals surface area contributed by atoms with Crippen molar-refractivity contribution in [3.63, 3.8) is 0 Å². The molecule has 2 aromatic rings. The quantitative estimate of drug-likeness (QED) is 0.659. The van der Waals surface area contributed by atoms with Crippen molar-refractivity contribution in [1.82, 2.24) is 0 Å². The smallest absolute Gasteiger partial charge is 0.185 e. The summed E-state index contributed by atoms with van der Waals surface area (Å²) in [4.78, 5) is 12.6. The van der Waals surface area contributed by atoms with E-state index in [1.165, 1.54) is 14.2 Å². The van der Waals surface area contributed by atoms with Crippen LogP contribution in [0.15, 0.2) is 71.8 Å². The highest BCUT2D eigenvalue weighted by Crippen LogP contribution is 2.29. The highest BCUT2D eigenvalue weighted by Gasteiger charge is 2.21. The number of ketones is 1. The van der Waals surface area contributed by atoms with Crippen molar-refractivity contribution in [3.05, 3.63) is 83.0 Å². The fourth-order valence-electron chi connectivity index (χ4n) is 3.17. The molecule has 2 N–H and O–H groups in total. The van der Waals surface area contributed by atoms with Crippen LogP contribution < -0.4 is 9.47 Å². The van der Waals surface area contributed by atoms with Gasteiger partial charge < -0.3 is 19.7 Å². The van der Waals surface area contributed by atoms with E-state index in [1.54, 1.807) is 36.4 Å². The fraction of sp³-hybridized carbons (Fsp3) is 0.160. The maximum atomic E-state index is 12.6. The van der Waals surface area contributed by atoms with Crippen LogP contribution >= 0.6 is 0 Å². The Morgan fingerprint density at radius 1 is 0.767 bits per heavy atom. The van der Waals surface area contributed by atoms with E-state index in [2.05, 4.69) is 0 Å². The highest BCUT2D eigenvalue weighted by molar-refractivity contribution is 6.11. The molecule has 30 heavy (non-hydrogen) atoms. The molecule has 0 bridgehead atoms. The van der Waals surface area contributed by atoms with Gasteiger partial charge in [-0.3, -0.25) is 4.79 Å². The van der Waals surface area contributed by atoms with Gasteiger partial charge >= 0.3 is 0 Å². The van der Waals surface area contributed by atoms with Gasteiger partial charge in [0.15, 0.2) is 28.8 Å². The van der Waals surface area contributed by atoms with Crippen LogP contribution in [-0.2, 0) is 4.79 Å². The Morgan fingerprint density at radius 2 is 1.20 bits per heavy atom. The van der Waals surface area contributed by atoms with E-state index in [4.69, 9.17) is 9.47 Å². The number of hydrogen-bond donors (Lipinski definition) is 2. The molecule has 0 unspecified atom stereocenters. The van der Waals surface area contributed by atoms with Gasteiger partial charge in [-0.2, -0.15) is 0 Å². The number of benzene rings is 2. The Hall–Kier alpha value is -3.73. The normalized spacial score (nSPS) is 16.9. The number of ether oxygens (including phenoxy) is 2. The van der Waals surface area contributed by atoms with Gasteiger partial charge in [0, 0.05) is 11.1 Å². The molecule has 0 aromatic heterocycles. The van der Waals surface area contributed by atoms with Crippen LogP contribution in [0.2, 0.25) is 0 Å². The molecule has 1 saturated carbocycles. The molecule has 0 spiro atoms. The molecule has 1 aliphatic rings. The first-order valence-corrected chi connectivity index (χ1v) is 9.55. The van der Waals surface area contributed by atoms with Crippen LogP contribution in [0.25, 0.3) is 12.2 Å². The van der Waals surface area contributed by atoms with Gasteiger partial charge in [-0.25, -0.2) is 0 Å². The van der Waals surface area contributed by atoms with Crippen LogP contribution in [0.1, 0.15) is 24.0 Å². The summed E-state index contributed by atoms with van der Waals surface area (Å²) in [5, 5.41) is 19.3. The third-order valence-corrected chi connectivity index (χ3v) is 4.83. The summed E-state index contributed by atoms with van der Waals surface area (Å²) >= 11 is 0. The van der Waals surface area contributed by atoms with Gasteiger partial charge in [-0.05, 0) is 48.2 Å². The minimum Gasteiger partial charge on any atom is -0.504 e. The number of allylic oxidation sites excluding steroid dienone is 6. The molecule has 0 amide bonds.